The van der Waals surface area contributed by atoms with Crippen molar-refractivity contribution in [3.05, 3.63) is 158 Å². The van der Waals surface area contributed by atoms with E-state index in [4.69, 9.17) is 15.0 Å². The van der Waals surface area contributed by atoms with Crippen LogP contribution in [0.1, 0.15) is 18.7 Å². The molecule has 0 saturated heterocycles. The normalized spacial score (nSPS) is 16.2. The summed E-state index contributed by atoms with van der Waals surface area (Å²) in [6, 6.07) is 42.9. The standard InChI is InChI=1S/C42H30N4/c1-27-13-5-6-18-31(27)42-44-40(28-14-3-2-4-15-28)43-41(45-42)29-16-11-17-30(25-29)46-26-37-35-22-10-8-20-33(35)32-19-7-9-21-34(32)36-23-12-24-38(46)39(36)37/h2-27,31H,1H3. The van der Waals surface area contributed by atoms with Crippen molar-refractivity contribution >= 4 is 10.9 Å². The highest BCUT2D eigenvalue weighted by molar-refractivity contribution is 6.13. The summed E-state index contributed by atoms with van der Waals surface area (Å²) in [6.45, 7) is 2.21. The third kappa shape index (κ3) is 4.26. The molecule has 0 amide bonds. The Labute approximate surface area is 268 Å². The molecular weight excluding hydrogens is 560 g/mol. The van der Waals surface area contributed by atoms with Gasteiger partial charge in [0.05, 0.1) is 5.52 Å². The van der Waals surface area contributed by atoms with Gasteiger partial charge in [0.1, 0.15) is 5.82 Å². The second kappa shape index (κ2) is 10.6. The Morgan fingerprint density at radius 1 is 0.522 bits per heavy atom. The van der Waals surface area contributed by atoms with Crippen molar-refractivity contribution in [1.82, 2.24) is 19.5 Å². The molecule has 2 atom stereocenters. The Hall–Kier alpha value is -5.87. The van der Waals surface area contributed by atoms with Crippen molar-refractivity contribution in [2.45, 2.75) is 12.8 Å². The van der Waals surface area contributed by atoms with Crippen LogP contribution in [0.15, 0.2) is 152 Å². The third-order valence-electron chi connectivity index (χ3n) is 9.33. The Kier molecular flexibility index (Phi) is 6.13. The molecule has 7 aromatic rings. The lowest BCUT2D eigenvalue weighted by Crippen LogP contribution is -2.13. The van der Waals surface area contributed by atoms with Crippen molar-refractivity contribution < 1.29 is 0 Å². The quantitative estimate of drug-likeness (QED) is 0.205. The first-order chi connectivity index (χ1) is 22.7. The molecule has 0 aliphatic heterocycles. The lowest BCUT2D eigenvalue weighted by Gasteiger charge is -2.20. The van der Waals surface area contributed by atoms with E-state index >= 15 is 0 Å². The molecule has 2 aliphatic rings. The first kappa shape index (κ1) is 26.5. The summed E-state index contributed by atoms with van der Waals surface area (Å²) >= 11 is 0. The molecule has 2 unspecified atom stereocenters. The summed E-state index contributed by atoms with van der Waals surface area (Å²) in [5, 5.41) is 1.27. The average Bonchev–Trinajstić information content (AvgIpc) is 3.47. The fourth-order valence-corrected chi connectivity index (χ4v) is 7.06. The Morgan fingerprint density at radius 3 is 1.85 bits per heavy atom. The van der Waals surface area contributed by atoms with E-state index in [1.807, 2.05) is 18.2 Å². The predicted molar refractivity (Wildman–Crippen MR) is 188 cm³/mol. The lowest BCUT2D eigenvalue weighted by atomic mass is 9.89. The van der Waals surface area contributed by atoms with Gasteiger partial charge in [-0.3, -0.25) is 0 Å². The minimum Gasteiger partial charge on any atom is -0.316 e. The van der Waals surface area contributed by atoms with Crippen LogP contribution in [-0.4, -0.2) is 19.5 Å². The fourth-order valence-electron chi connectivity index (χ4n) is 7.06. The zero-order chi connectivity index (χ0) is 30.6. The molecule has 0 fully saturated rings. The maximum Gasteiger partial charge on any atom is 0.163 e. The lowest BCUT2D eigenvalue weighted by molar-refractivity contribution is 0.600. The molecule has 2 aliphatic carbocycles. The summed E-state index contributed by atoms with van der Waals surface area (Å²) in [4.78, 5) is 15.1. The number of allylic oxidation sites excluding steroid dienone is 4. The van der Waals surface area contributed by atoms with E-state index in [9.17, 15) is 0 Å². The van der Waals surface area contributed by atoms with Gasteiger partial charge in [-0.15, -0.1) is 0 Å². The number of hydrogen-bond donors (Lipinski definition) is 0. The second-order valence-electron chi connectivity index (χ2n) is 12.1. The minimum atomic E-state index is 0.0836. The topological polar surface area (TPSA) is 43.6 Å². The van der Waals surface area contributed by atoms with Crippen LogP contribution in [0.25, 0.3) is 72.7 Å². The summed E-state index contributed by atoms with van der Waals surface area (Å²) in [5.74, 6) is 2.54. The van der Waals surface area contributed by atoms with Crippen LogP contribution < -0.4 is 0 Å². The molecule has 4 heteroatoms. The van der Waals surface area contributed by atoms with Gasteiger partial charge in [-0.05, 0) is 51.9 Å². The second-order valence-corrected chi connectivity index (χ2v) is 12.1. The predicted octanol–water partition coefficient (Wildman–Crippen LogP) is 10.3. The van der Waals surface area contributed by atoms with Crippen LogP contribution in [0.2, 0.25) is 0 Å². The van der Waals surface area contributed by atoms with E-state index in [-0.39, 0.29) is 5.92 Å². The third-order valence-corrected chi connectivity index (χ3v) is 9.33. The molecular formula is C42H30N4. The first-order valence-electron chi connectivity index (χ1n) is 15.8. The molecule has 0 spiro atoms. The Balaban J connectivity index is 1.23. The van der Waals surface area contributed by atoms with Gasteiger partial charge in [0.15, 0.2) is 11.6 Å². The van der Waals surface area contributed by atoms with Crippen LogP contribution in [-0.2, 0) is 0 Å². The fraction of sp³-hybridized carbons (Fsp3) is 0.0714. The van der Waals surface area contributed by atoms with E-state index in [2.05, 4.69) is 145 Å². The number of hydrogen-bond acceptors (Lipinski definition) is 3. The SMILES string of the molecule is CC1C=CC=CC1c1nc(-c2ccccc2)nc(-c2cccc(-n3cc4c5c(cccc53)-c3ccccc3-c3ccccc3-4)c2)n1. The zero-order valence-electron chi connectivity index (χ0n) is 25.4. The van der Waals surface area contributed by atoms with Crippen LogP contribution in [0, 0.1) is 5.92 Å². The summed E-state index contributed by atoms with van der Waals surface area (Å²) < 4.78 is 2.32. The van der Waals surface area contributed by atoms with Crippen LogP contribution in [0.3, 0.4) is 0 Å². The van der Waals surface area contributed by atoms with E-state index < -0.39 is 0 Å². The molecule has 2 heterocycles. The smallest absolute Gasteiger partial charge is 0.163 e. The highest BCUT2D eigenvalue weighted by Crippen LogP contribution is 2.48. The summed E-state index contributed by atoms with van der Waals surface area (Å²) in [5.41, 5.74) is 11.7. The number of rotatable bonds is 4. The summed E-state index contributed by atoms with van der Waals surface area (Å²) in [6.07, 6.45) is 10.9. The molecule has 46 heavy (non-hydrogen) atoms. The Bertz CT molecular complexity index is 2340. The summed E-state index contributed by atoms with van der Waals surface area (Å²) in [7, 11) is 0. The van der Waals surface area contributed by atoms with Crippen molar-refractivity contribution in [1.29, 1.82) is 0 Å². The molecule has 0 saturated carbocycles. The number of aromatic nitrogens is 4. The maximum absolute atomic E-state index is 5.10. The zero-order valence-corrected chi connectivity index (χ0v) is 25.4. The number of fused-ring (bicyclic) bond motifs is 5. The van der Waals surface area contributed by atoms with Gasteiger partial charge in [-0.2, -0.15) is 0 Å². The van der Waals surface area contributed by atoms with Gasteiger partial charge in [0, 0.05) is 39.9 Å². The van der Waals surface area contributed by atoms with E-state index in [0.717, 1.165) is 22.6 Å². The van der Waals surface area contributed by atoms with Crippen molar-refractivity contribution in [3.63, 3.8) is 0 Å². The van der Waals surface area contributed by atoms with Gasteiger partial charge < -0.3 is 4.57 Å². The van der Waals surface area contributed by atoms with Gasteiger partial charge in [-0.25, -0.2) is 15.0 Å². The van der Waals surface area contributed by atoms with Crippen LogP contribution in [0.5, 0.6) is 0 Å². The van der Waals surface area contributed by atoms with Crippen LogP contribution in [0.4, 0.5) is 0 Å². The van der Waals surface area contributed by atoms with Gasteiger partial charge in [-0.1, -0.05) is 134 Å². The molecule has 218 valence electrons. The molecule has 0 bridgehead atoms. The highest BCUT2D eigenvalue weighted by Gasteiger charge is 2.25. The first-order valence-corrected chi connectivity index (χ1v) is 15.8. The Morgan fingerprint density at radius 2 is 1.11 bits per heavy atom. The van der Waals surface area contributed by atoms with Gasteiger partial charge in [0.25, 0.3) is 0 Å². The molecule has 2 aromatic heterocycles. The molecule has 0 N–H and O–H groups in total. The average molecular weight is 591 g/mol. The maximum atomic E-state index is 5.10. The number of benzene rings is 5. The van der Waals surface area contributed by atoms with E-state index in [1.54, 1.807) is 0 Å². The minimum absolute atomic E-state index is 0.0836. The largest absolute Gasteiger partial charge is 0.316 e. The van der Waals surface area contributed by atoms with Crippen molar-refractivity contribution in [3.8, 4) is 61.8 Å². The molecule has 4 nitrogen and oxygen atoms in total. The van der Waals surface area contributed by atoms with Crippen LogP contribution >= 0.6 is 0 Å². The number of nitrogens with zero attached hydrogens (tertiary/aromatic N) is 4. The monoisotopic (exact) mass is 590 g/mol. The van der Waals surface area contributed by atoms with E-state index in [0.29, 0.717) is 17.6 Å². The highest BCUT2D eigenvalue weighted by atomic mass is 15.0. The molecule has 9 rings (SSSR count). The van der Waals surface area contributed by atoms with Gasteiger partial charge in [0.2, 0.25) is 0 Å². The van der Waals surface area contributed by atoms with Crippen molar-refractivity contribution in [2.24, 2.45) is 5.92 Å². The molecule has 0 radical (unpaired) electrons. The van der Waals surface area contributed by atoms with Crippen molar-refractivity contribution in [2.75, 3.05) is 0 Å². The molecule has 5 aromatic carbocycles. The van der Waals surface area contributed by atoms with E-state index in [1.165, 1.54) is 44.3 Å². The van der Waals surface area contributed by atoms with Gasteiger partial charge >= 0.3 is 0 Å².